The SMILES string of the molecule is COc1ccc2c(c1OCc1ccccc1)[C@@H]1[C@@H](C)[C@H](c3ccc(F)cc3)[C@@H]1C(S(=O)(=O)c1ccc(C)cc1)=C2. The van der Waals surface area contributed by atoms with Crippen LogP contribution in [0.2, 0.25) is 0 Å². The van der Waals surface area contributed by atoms with E-state index in [-0.39, 0.29) is 34.4 Å². The maximum atomic E-state index is 14.2. The molecule has 1 saturated carbocycles. The third kappa shape index (κ3) is 4.40. The normalized spacial score (nSPS) is 21.4. The van der Waals surface area contributed by atoms with E-state index in [1.165, 1.54) is 12.1 Å². The molecule has 4 nitrogen and oxygen atoms in total. The zero-order valence-electron chi connectivity index (χ0n) is 22.7. The van der Waals surface area contributed by atoms with E-state index in [0.717, 1.165) is 27.8 Å². The number of hydrogen-bond acceptors (Lipinski definition) is 4. The van der Waals surface area contributed by atoms with Crippen molar-refractivity contribution in [3.8, 4) is 11.5 Å². The molecule has 0 aromatic heterocycles. The molecule has 0 spiro atoms. The van der Waals surface area contributed by atoms with E-state index in [0.29, 0.717) is 23.0 Å². The summed E-state index contributed by atoms with van der Waals surface area (Å²) in [7, 11) is -2.18. The van der Waals surface area contributed by atoms with Crippen molar-refractivity contribution < 1.29 is 22.3 Å². The smallest absolute Gasteiger partial charge is 0.203 e. The summed E-state index contributed by atoms with van der Waals surface area (Å²) in [4.78, 5) is 0.665. The van der Waals surface area contributed by atoms with Crippen LogP contribution in [0.25, 0.3) is 6.08 Å². The summed E-state index contributed by atoms with van der Waals surface area (Å²) in [5.74, 6) is 0.480. The zero-order chi connectivity index (χ0) is 28.0. The van der Waals surface area contributed by atoms with Gasteiger partial charge in [0.25, 0.3) is 0 Å². The first-order chi connectivity index (χ1) is 19.3. The van der Waals surface area contributed by atoms with E-state index in [1.807, 2.05) is 67.6 Å². The van der Waals surface area contributed by atoms with E-state index < -0.39 is 9.84 Å². The van der Waals surface area contributed by atoms with Gasteiger partial charge in [0.1, 0.15) is 12.4 Å². The molecule has 4 aromatic carbocycles. The van der Waals surface area contributed by atoms with Crippen molar-refractivity contribution in [3.63, 3.8) is 0 Å². The monoisotopic (exact) mass is 554 g/mol. The average Bonchev–Trinajstić information content (AvgIpc) is 2.96. The molecule has 6 heteroatoms. The Bertz CT molecular complexity index is 1680. The summed E-state index contributed by atoms with van der Waals surface area (Å²) in [6.07, 6.45) is 1.81. The highest BCUT2D eigenvalue weighted by atomic mass is 32.2. The van der Waals surface area contributed by atoms with Crippen molar-refractivity contribution in [1.29, 1.82) is 0 Å². The predicted molar refractivity (Wildman–Crippen MR) is 155 cm³/mol. The maximum absolute atomic E-state index is 14.2. The lowest BCUT2D eigenvalue weighted by Gasteiger charge is -2.54. The Morgan fingerprint density at radius 1 is 0.825 bits per heavy atom. The Kier molecular flexibility index (Phi) is 6.75. The number of fused-ring (bicyclic) bond motifs is 3. The van der Waals surface area contributed by atoms with Crippen LogP contribution in [0.15, 0.2) is 101 Å². The molecule has 0 N–H and O–H groups in total. The highest BCUT2D eigenvalue weighted by Crippen LogP contribution is 2.66. The van der Waals surface area contributed by atoms with Crippen molar-refractivity contribution >= 4 is 15.9 Å². The fraction of sp³-hybridized carbons (Fsp3) is 0.235. The molecule has 4 aromatic rings. The van der Waals surface area contributed by atoms with Crippen LogP contribution in [0.3, 0.4) is 0 Å². The van der Waals surface area contributed by atoms with Gasteiger partial charge in [0.05, 0.1) is 16.9 Å². The van der Waals surface area contributed by atoms with Gasteiger partial charge in [0.2, 0.25) is 9.84 Å². The average molecular weight is 555 g/mol. The van der Waals surface area contributed by atoms with Crippen molar-refractivity contribution in [1.82, 2.24) is 0 Å². The number of hydrogen-bond donors (Lipinski definition) is 0. The highest BCUT2D eigenvalue weighted by molar-refractivity contribution is 7.95. The summed E-state index contributed by atoms with van der Waals surface area (Å²) >= 11 is 0. The Morgan fingerprint density at radius 3 is 2.20 bits per heavy atom. The third-order valence-corrected chi connectivity index (χ3v) is 10.3. The lowest BCUT2D eigenvalue weighted by atomic mass is 9.51. The van der Waals surface area contributed by atoms with Crippen molar-refractivity contribution in [3.05, 3.63) is 130 Å². The van der Waals surface area contributed by atoms with Gasteiger partial charge < -0.3 is 9.47 Å². The van der Waals surface area contributed by atoms with Gasteiger partial charge in [-0.3, -0.25) is 0 Å². The van der Waals surface area contributed by atoms with Gasteiger partial charge >= 0.3 is 0 Å². The van der Waals surface area contributed by atoms with Crippen LogP contribution in [-0.4, -0.2) is 15.5 Å². The van der Waals surface area contributed by atoms with E-state index >= 15 is 0 Å². The molecule has 0 heterocycles. The van der Waals surface area contributed by atoms with Gasteiger partial charge in [0, 0.05) is 11.5 Å². The van der Waals surface area contributed by atoms with Gasteiger partial charge in [-0.25, -0.2) is 12.8 Å². The van der Waals surface area contributed by atoms with Crippen LogP contribution in [0, 0.1) is 24.6 Å². The summed E-state index contributed by atoms with van der Waals surface area (Å²) in [6, 6.07) is 27.1. The zero-order valence-corrected chi connectivity index (χ0v) is 23.5. The number of sulfone groups is 1. The minimum absolute atomic E-state index is 0.0808. The summed E-state index contributed by atoms with van der Waals surface area (Å²) in [5.41, 5.74) is 4.74. The van der Waals surface area contributed by atoms with Gasteiger partial charge in [0.15, 0.2) is 11.5 Å². The number of aryl methyl sites for hydroxylation is 1. The molecular weight excluding hydrogens is 523 g/mol. The van der Waals surface area contributed by atoms with E-state index in [1.54, 1.807) is 31.4 Å². The molecule has 1 fully saturated rings. The summed E-state index contributed by atoms with van der Waals surface area (Å²) < 4.78 is 54.4. The standard InChI is InChI=1S/C34H31FO4S/c1-21-9-16-27(17-10-21)40(36,37)29-19-25-13-18-28(38-3)34(39-20-23-7-5-4-6-8-23)32(25)31-22(2)30(33(29)31)24-11-14-26(35)15-12-24/h4-19,22,30-31,33H,20H2,1-3H3/t22-,30+,31-,33-/m0/s1. The molecule has 2 aliphatic rings. The third-order valence-electron chi connectivity index (χ3n) is 8.40. The number of allylic oxidation sites excluding steroid dienone is 1. The Labute approximate surface area is 235 Å². The molecule has 0 bridgehead atoms. The van der Waals surface area contributed by atoms with Crippen LogP contribution in [0.1, 0.15) is 46.6 Å². The topological polar surface area (TPSA) is 52.6 Å². The molecule has 6 rings (SSSR count). The molecular formula is C34H31FO4S. The molecule has 0 aliphatic heterocycles. The quantitative estimate of drug-likeness (QED) is 0.235. The first-order valence-corrected chi connectivity index (χ1v) is 14.9. The molecule has 0 saturated heterocycles. The van der Waals surface area contributed by atoms with Crippen LogP contribution in [0.4, 0.5) is 4.39 Å². The van der Waals surface area contributed by atoms with Crippen molar-refractivity contribution in [2.24, 2.45) is 11.8 Å². The van der Waals surface area contributed by atoms with Crippen LogP contribution in [-0.2, 0) is 16.4 Å². The number of halogens is 1. The molecule has 0 radical (unpaired) electrons. The number of ether oxygens (including phenoxy) is 2. The fourth-order valence-electron chi connectivity index (χ4n) is 6.41. The number of methoxy groups -OCH3 is 1. The van der Waals surface area contributed by atoms with Gasteiger partial charge in [-0.05, 0) is 77.8 Å². The number of rotatable bonds is 7. The summed E-state index contributed by atoms with van der Waals surface area (Å²) in [5, 5.41) is 0. The lowest BCUT2D eigenvalue weighted by molar-refractivity contribution is 0.138. The van der Waals surface area contributed by atoms with Crippen LogP contribution in [0.5, 0.6) is 11.5 Å². The molecule has 0 amide bonds. The van der Waals surface area contributed by atoms with Gasteiger partial charge in [-0.1, -0.05) is 73.2 Å². The molecule has 4 atom stereocenters. The second kappa shape index (κ2) is 10.3. The van der Waals surface area contributed by atoms with Crippen LogP contribution >= 0.6 is 0 Å². The van der Waals surface area contributed by atoms with E-state index in [2.05, 4.69) is 6.92 Å². The highest BCUT2D eigenvalue weighted by Gasteiger charge is 2.56. The molecule has 40 heavy (non-hydrogen) atoms. The van der Waals surface area contributed by atoms with Gasteiger partial charge in [-0.2, -0.15) is 0 Å². The second-order valence-electron chi connectivity index (χ2n) is 10.7. The van der Waals surface area contributed by atoms with Crippen molar-refractivity contribution in [2.75, 3.05) is 7.11 Å². The van der Waals surface area contributed by atoms with Crippen LogP contribution < -0.4 is 9.47 Å². The summed E-state index contributed by atoms with van der Waals surface area (Å²) in [6.45, 7) is 4.44. The Hall–Kier alpha value is -3.90. The Morgan fingerprint density at radius 2 is 1.52 bits per heavy atom. The molecule has 0 unspecified atom stereocenters. The fourth-order valence-corrected chi connectivity index (χ4v) is 8.11. The maximum Gasteiger partial charge on any atom is 0.203 e. The largest absolute Gasteiger partial charge is 0.493 e. The van der Waals surface area contributed by atoms with Gasteiger partial charge in [-0.15, -0.1) is 0 Å². The van der Waals surface area contributed by atoms with E-state index in [9.17, 15) is 12.8 Å². The predicted octanol–water partition coefficient (Wildman–Crippen LogP) is 7.68. The number of benzene rings is 4. The van der Waals surface area contributed by atoms with Crippen molar-refractivity contribution in [2.45, 2.75) is 37.2 Å². The first-order valence-electron chi connectivity index (χ1n) is 13.5. The minimum atomic E-state index is -3.79. The van der Waals surface area contributed by atoms with E-state index in [4.69, 9.17) is 9.47 Å². The molecule has 2 aliphatic carbocycles. The lowest BCUT2D eigenvalue weighted by Crippen LogP contribution is -2.46. The first kappa shape index (κ1) is 26.3. The minimum Gasteiger partial charge on any atom is -0.493 e. The second-order valence-corrected chi connectivity index (χ2v) is 12.7. The Balaban J connectivity index is 1.51. The molecule has 204 valence electrons.